The Hall–Kier alpha value is -1.49. The Morgan fingerprint density at radius 2 is 2.06 bits per heavy atom. The van der Waals surface area contributed by atoms with Crippen molar-refractivity contribution in [3.05, 3.63) is 35.4 Å². The van der Waals surface area contributed by atoms with E-state index in [1.54, 1.807) is 0 Å². The molecule has 0 aromatic heterocycles. The lowest BCUT2D eigenvalue weighted by molar-refractivity contribution is 0.575. The van der Waals surface area contributed by atoms with Crippen molar-refractivity contribution in [2.75, 3.05) is 0 Å². The van der Waals surface area contributed by atoms with Crippen LogP contribution >= 0.6 is 0 Å². The van der Waals surface area contributed by atoms with Crippen LogP contribution in [0.5, 0.6) is 0 Å². The SMILES string of the molecule is NNC(Cc1ccc(F)cc1F)=NC1CCCC1. The molecule has 0 aliphatic heterocycles. The van der Waals surface area contributed by atoms with Gasteiger partial charge in [0.2, 0.25) is 0 Å². The van der Waals surface area contributed by atoms with Crippen molar-refractivity contribution in [2.24, 2.45) is 10.8 Å². The monoisotopic (exact) mass is 253 g/mol. The van der Waals surface area contributed by atoms with Crippen LogP contribution in [0.3, 0.4) is 0 Å². The van der Waals surface area contributed by atoms with Gasteiger partial charge in [0.05, 0.1) is 6.04 Å². The molecule has 98 valence electrons. The van der Waals surface area contributed by atoms with Gasteiger partial charge in [-0.25, -0.2) is 14.6 Å². The molecule has 0 spiro atoms. The number of hydrazine groups is 1. The Bertz CT molecular complexity index is 440. The average Bonchev–Trinajstić information content (AvgIpc) is 2.84. The van der Waals surface area contributed by atoms with Crippen molar-refractivity contribution < 1.29 is 8.78 Å². The Morgan fingerprint density at radius 1 is 1.33 bits per heavy atom. The van der Waals surface area contributed by atoms with E-state index in [9.17, 15) is 8.78 Å². The summed E-state index contributed by atoms with van der Waals surface area (Å²) in [7, 11) is 0. The first kappa shape index (κ1) is 13.0. The summed E-state index contributed by atoms with van der Waals surface area (Å²) in [6.07, 6.45) is 4.72. The van der Waals surface area contributed by atoms with Crippen LogP contribution in [-0.4, -0.2) is 11.9 Å². The molecule has 1 aromatic carbocycles. The van der Waals surface area contributed by atoms with E-state index in [1.165, 1.54) is 25.0 Å². The number of aliphatic imine (C=N–C) groups is 1. The lowest BCUT2D eigenvalue weighted by atomic mass is 10.1. The van der Waals surface area contributed by atoms with Crippen LogP contribution < -0.4 is 11.3 Å². The maximum Gasteiger partial charge on any atom is 0.129 e. The fraction of sp³-hybridized carbons (Fsp3) is 0.462. The first-order chi connectivity index (χ1) is 8.69. The number of benzene rings is 1. The van der Waals surface area contributed by atoms with Gasteiger partial charge in [-0.15, -0.1) is 0 Å². The predicted molar refractivity (Wildman–Crippen MR) is 67.1 cm³/mol. The van der Waals surface area contributed by atoms with Crippen LogP contribution in [0.25, 0.3) is 0 Å². The van der Waals surface area contributed by atoms with Gasteiger partial charge >= 0.3 is 0 Å². The van der Waals surface area contributed by atoms with Gasteiger partial charge in [-0.3, -0.25) is 4.99 Å². The third-order valence-corrected chi connectivity index (χ3v) is 3.20. The minimum Gasteiger partial charge on any atom is -0.312 e. The van der Waals surface area contributed by atoms with Crippen molar-refractivity contribution in [1.29, 1.82) is 0 Å². The highest BCUT2D eigenvalue weighted by Gasteiger charge is 2.15. The second kappa shape index (κ2) is 5.91. The van der Waals surface area contributed by atoms with E-state index < -0.39 is 11.6 Å². The largest absolute Gasteiger partial charge is 0.312 e. The summed E-state index contributed by atoms with van der Waals surface area (Å²) in [4.78, 5) is 4.47. The molecule has 0 saturated heterocycles. The molecule has 0 unspecified atom stereocenters. The summed E-state index contributed by atoms with van der Waals surface area (Å²) in [5.41, 5.74) is 2.90. The molecule has 18 heavy (non-hydrogen) atoms. The molecule has 5 heteroatoms. The van der Waals surface area contributed by atoms with Gasteiger partial charge in [-0.05, 0) is 24.5 Å². The van der Waals surface area contributed by atoms with E-state index >= 15 is 0 Å². The summed E-state index contributed by atoms with van der Waals surface area (Å²) < 4.78 is 26.3. The maximum atomic E-state index is 13.5. The molecule has 1 fully saturated rings. The molecular formula is C13H17F2N3. The molecule has 2 rings (SSSR count). The van der Waals surface area contributed by atoms with Gasteiger partial charge in [0.15, 0.2) is 0 Å². The van der Waals surface area contributed by atoms with E-state index in [1.807, 2.05) is 0 Å². The minimum absolute atomic E-state index is 0.263. The van der Waals surface area contributed by atoms with Crippen LogP contribution in [0, 0.1) is 11.6 Å². The van der Waals surface area contributed by atoms with E-state index in [0.717, 1.165) is 18.9 Å². The zero-order valence-corrected chi connectivity index (χ0v) is 10.1. The second-order valence-corrected chi connectivity index (χ2v) is 4.57. The maximum absolute atomic E-state index is 13.5. The fourth-order valence-corrected chi connectivity index (χ4v) is 2.23. The van der Waals surface area contributed by atoms with Crippen LogP contribution in [0.2, 0.25) is 0 Å². The smallest absolute Gasteiger partial charge is 0.129 e. The molecule has 1 aliphatic carbocycles. The number of rotatable bonds is 3. The van der Waals surface area contributed by atoms with Crippen LogP contribution in [0.4, 0.5) is 8.78 Å². The topological polar surface area (TPSA) is 50.4 Å². The summed E-state index contributed by atoms with van der Waals surface area (Å²) in [5, 5.41) is 0. The van der Waals surface area contributed by atoms with Gasteiger partial charge in [0.25, 0.3) is 0 Å². The average molecular weight is 253 g/mol. The highest BCUT2D eigenvalue weighted by Crippen LogP contribution is 2.21. The molecule has 0 heterocycles. The van der Waals surface area contributed by atoms with Crippen LogP contribution in [0.15, 0.2) is 23.2 Å². The Kier molecular flexibility index (Phi) is 4.25. The lowest BCUT2D eigenvalue weighted by Crippen LogP contribution is -2.33. The Morgan fingerprint density at radius 3 is 2.67 bits per heavy atom. The zero-order chi connectivity index (χ0) is 13.0. The summed E-state index contributed by atoms with van der Waals surface area (Å²) in [6.45, 7) is 0. The van der Waals surface area contributed by atoms with Crippen molar-refractivity contribution in [2.45, 2.75) is 38.1 Å². The van der Waals surface area contributed by atoms with Crippen molar-refractivity contribution in [3.8, 4) is 0 Å². The summed E-state index contributed by atoms with van der Waals surface area (Å²) >= 11 is 0. The molecule has 0 bridgehead atoms. The number of nitrogens with two attached hydrogens (primary N) is 1. The second-order valence-electron chi connectivity index (χ2n) is 4.57. The number of hydrogen-bond donors (Lipinski definition) is 2. The van der Waals surface area contributed by atoms with E-state index in [4.69, 9.17) is 5.84 Å². The normalized spacial score (nSPS) is 17.2. The molecule has 3 N–H and O–H groups in total. The van der Waals surface area contributed by atoms with Gasteiger partial charge in [-0.2, -0.15) is 0 Å². The van der Waals surface area contributed by atoms with Gasteiger partial charge in [-0.1, -0.05) is 18.9 Å². The summed E-state index contributed by atoms with van der Waals surface area (Å²) in [5.74, 6) is 4.81. The highest BCUT2D eigenvalue weighted by atomic mass is 19.1. The first-order valence-corrected chi connectivity index (χ1v) is 6.16. The van der Waals surface area contributed by atoms with Crippen molar-refractivity contribution in [1.82, 2.24) is 5.43 Å². The van der Waals surface area contributed by atoms with E-state index in [2.05, 4.69) is 10.4 Å². The molecule has 1 aromatic rings. The molecular weight excluding hydrogens is 236 g/mol. The quantitative estimate of drug-likeness (QED) is 0.376. The number of nitrogens with one attached hydrogen (secondary N) is 1. The standard InChI is InChI=1S/C13H17F2N3/c14-10-6-5-9(12(15)8-10)7-13(18-16)17-11-3-1-2-4-11/h5-6,8,11H,1-4,7,16H2,(H,17,18). The van der Waals surface area contributed by atoms with Gasteiger partial charge < -0.3 is 5.43 Å². The molecule has 3 nitrogen and oxygen atoms in total. The fourth-order valence-electron chi connectivity index (χ4n) is 2.23. The van der Waals surface area contributed by atoms with Crippen molar-refractivity contribution in [3.63, 3.8) is 0 Å². The number of amidine groups is 1. The number of nitrogens with zero attached hydrogens (tertiary/aromatic N) is 1. The Labute approximate surface area is 105 Å². The Balaban J connectivity index is 2.09. The van der Waals surface area contributed by atoms with E-state index in [-0.39, 0.29) is 12.5 Å². The molecule has 1 aliphatic rings. The third kappa shape index (κ3) is 3.26. The lowest BCUT2D eigenvalue weighted by Gasteiger charge is -2.10. The van der Waals surface area contributed by atoms with Crippen LogP contribution in [-0.2, 0) is 6.42 Å². The van der Waals surface area contributed by atoms with Crippen LogP contribution in [0.1, 0.15) is 31.2 Å². The van der Waals surface area contributed by atoms with E-state index in [0.29, 0.717) is 11.4 Å². The first-order valence-electron chi connectivity index (χ1n) is 6.16. The highest BCUT2D eigenvalue weighted by molar-refractivity contribution is 5.84. The van der Waals surface area contributed by atoms with Gasteiger partial charge in [0.1, 0.15) is 17.5 Å². The van der Waals surface area contributed by atoms with Crippen molar-refractivity contribution >= 4 is 5.84 Å². The molecule has 0 atom stereocenters. The van der Waals surface area contributed by atoms with Gasteiger partial charge in [0, 0.05) is 12.5 Å². The molecule has 0 radical (unpaired) electrons. The predicted octanol–water partition coefficient (Wildman–Crippen LogP) is 2.31. The summed E-state index contributed by atoms with van der Waals surface area (Å²) in [6, 6.07) is 3.81. The number of halogens is 2. The zero-order valence-electron chi connectivity index (χ0n) is 10.1. The number of hydrogen-bond acceptors (Lipinski definition) is 2. The molecule has 1 saturated carbocycles. The minimum atomic E-state index is -0.578. The molecule has 0 amide bonds. The third-order valence-electron chi connectivity index (χ3n) is 3.20.